The summed E-state index contributed by atoms with van der Waals surface area (Å²) in [6.07, 6.45) is 0.239. The van der Waals surface area contributed by atoms with Gasteiger partial charge in [0.1, 0.15) is 0 Å². The monoisotopic (exact) mass is 312 g/mol. The summed E-state index contributed by atoms with van der Waals surface area (Å²) in [7, 11) is 0. The highest BCUT2D eigenvalue weighted by atomic mass is 16.3. The lowest BCUT2D eigenvalue weighted by molar-refractivity contribution is -0.116. The van der Waals surface area contributed by atoms with Crippen LogP contribution >= 0.6 is 0 Å². The van der Waals surface area contributed by atoms with Crippen molar-refractivity contribution in [3.63, 3.8) is 0 Å². The fourth-order valence-corrected chi connectivity index (χ4v) is 2.19. The minimum atomic E-state index is -0.130. The summed E-state index contributed by atoms with van der Waals surface area (Å²) in [5, 5.41) is 14.7. The molecule has 2 amide bonds. The van der Waals surface area contributed by atoms with E-state index in [1.54, 1.807) is 18.2 Å². The Morgan fingerprint density at radius 1 is 1.00 bits per heavy atom. The van der Waals surface area contributed by atoms with E-state index in [4.69, 9.17) is 5.11 Å². The van der Waals surface area contributed by atoms with Crippen molar-refractivity contribution in [1.29, 1.82) is 0 Å². The van der Waals surface area contributed by atoms with Gasteiger partial charge in [-0.05, 0) is 41.8 Å². The zero-order valence-electron chi connectivity index (χ0n) is 13.2. The first-order valence-electron chi connectivity index (χ1n) is 7.34. The van der Waals surface area contributed by atoms with E-state index in [0.29, 0.717) is 11.4 Å². The van der Waals surface area contributed by atoms with E-state index < -0.39 is 0 Å². The SMILES string of the molecule is CC(=O)Nc1ccc(CC(=O)Nc2cc(CO)ccc2C)cc1. The largest absolute Gasteiger partial charge is 0.392 e. The number of rotatable bonds is 5. The van der Waals surface area contributed by atoms with Gasteiger partial charge in [0, 0.05) is 18.3 Å². The van der Waals surface area contributed by atoms with E-state index in [1.165, 1.54) is 6.92 Å². The molecular weight excluding hydrogens is 292 g/mol. The minimum absolute atomic E-state index is 0.0617. The Hall–Kier alpha value is -2.66. The van der Waals surface area contributed by atoms with E-state index in [2.05, 4.69) is 10.6 Å². The van der Waals surface area contributed by atoms with Crippen molar-refractivity contribution < 1.29 is 14.7 Å². The van der Waals surface area contributed by atoms with Gasteiger partial charge in [-0.1, -0.05) is 24.3 Å². The van der Waals surface area contributed by atoms with Crippen LogP contribution in [-0.4, -0.2) is 16.9 Å². The number of carbonyl (C=O) groups is 2. The maximum Gasteiger partial charge on any atom is 0.228 e. The number of hydrogen-bond acceptors (Lipinski definition) is 3. The van der Waals surface area contributed by atoms with Gasteiger partial charge in [0.2, 0.25) is 11.8 Å². The third-order valence-corrected chi connectivity index (χ3v) is 3.40. The maximum absolute atomic E-state index is 12.2. The Labute approximate surface area is 135 Å². The number of hydrogen-bond donors (Lipinski definition) is 3. The van der Waals surface area contributed by atoms with Gasteiger partial charge in [-0.3, -0.25) is 9.59 Å². The quantitative estimate of drug-likeness (QED) is 0.794. The summed E-state index contributed by atoms with van der Waals surface area (Å²) in [5.41, 5.74) is 3.96. The summed E-state index contributed by atoms with van der Waals surface area (Å²) >= 11 is 0. The molecule has 0 aliphatic carbocycles. The summed E-state index contributed by atoms with van der Waals surface area (Å²) in [4.78, 5) is 23.1. The summed E-state index contributed by atoms with van der Waals surface area (Å²) in [6.45, 7) is 3.29. The second-order valence-electron chi connectivity index (χ2n) is 5.41. The lowest BCUT2D eigenvalue weighted by Gasteiger charge is -2.10. The predicted octanol–water partition coefficient (Wildman–Crippen LogP) is 2.63. The lowest BCUT2D eigenvalue weighted by Crippen LogP contribution is -2.15. The molecule has 0 spiro atoms. The molecule has 3 N–H and O–H groups in total. The highest BCUT2D eigenvalue weighted by molar-refractivity contribution is 5.93. The average Bonchev–Trinajstić information content (AvgIpc) is 2.51. The van der Waals surface area contributed by atoms with Crippen LogP contribution in [0.25, 0.3) is 0 Å². The number of aryl methyl sites for hydroxylation is 1. The molecule has 23 heavy (non-hydrogen) atoms. The third-order valence-electron chi connectivity index (χ3n) is 3.40. The Balaban J connectivity index is 2.00. The van der Waals surface area contributed by atoms with Gasteiger partial charge in [-0.25, -0.2) is 0 Å². The topological polar surface area (TPSA) is 78.4 Å². The van der Waals surface area contributed by atoms with Crippen molar-refractivity contribution in [3.05, 3.63) is 59.2 Å². The highest BCUT2D eigenvalue weighted by Crippen LogP contribution is 2.18. The normalized spacial score (nSPS) is 10.2. The van der Waals surface area contributed by atoms with Crippen LogP contribution in [-0.2, 0) is 22.6 Å². The summed E-state index contributed by atoms with van der Waals surface area (Å²) in [6, 6.07) is 12.6. The van der Waals surface area contributed by atoms with Crippen LogP contribution in [0.4, 0.5) is 11.4 Å². The average molecular weight is 312 g/mol. The van der Waals surface area contributed by atoms with E-state index in [0.717, 1.165) is 16.7 Å². The fourth-order valence-electron chi connectivity index (χ4n) is 2.19. The Morgan fingerprint density at radius 2 is 1.65 bits per heavy atom. The number of aliphatic hydroxyl groups is 1. The molecule has 0 fully saturated rings. The minimum Gasteiger partial charge on any atom is -0.392 e. The van der Waals surface area contributed by atoms with Crippen LogP contribution in [0.5, 0.6) is 0 Å². The summed E-state index contributed by atoms with van der Waals surface area (Å²) in [5.74, 6) is -0.259. The van der Waals surface area contributed by atoms with Gasteiger partial charge in [-0.15, -0.1) is 0 Å². The molecular formula is C18H20N2O3. The predicted molar refractivity (Wildman–Crippen MR) is 90.2 cm³/mol. The first-order chi connectivity index (χ1) is 11.0. The van der Waals surface area contributed by atoms with Crippen LogP contribution < -0.4 is 10.6 Å². The van der Waals surface area contributed by atoms with Gasteiger partial charge in [0.25, 0.3) is 0 Å². The van der Waals surface area contributed by atoms with Crippen LogP contribution in [0, 0.1) is 6.92 Å². The van der Waals surface area contributed by atoms with Crippen molar-refractivity contribution >= 4 is 23.2 Å². The zero-order chi connectivity index (χ0) is 16.8. The molecule has 0 aliphatic rings. The number of amides is 2. The molecule has 0 unspecified atom stereocenters. The number of nitrogens with one attached hydrogen (secondary N) is 2. The number of benzene rings is 2. The molecule has 0 saturated carbocycles. The molecule has 2 aromatic rings. The Bertz CT molecular complexity index is 709. The van der Waals surface area contributed by atoms with E-state index in [1.807, 2.05) is 31.2 Å². The summed E-state index contributed by atoms with van der Waals surface area (Å²) < 4.78 is 0. The standard InChI is InChI=1S/C18H20N2O3/c1-12-3-4-15(11-21)9-17(12)20-18(23)10-14-5-7-16(8-6-14)19-13(2)22/h3-9,21H,10-11H2,1-2H3,(H,19,22)(H,20,23). The molecule has 0 atom stereocenters. The molecule has 0 radical (unpaired) electrons. The first-order valence-corrected chi connectivity index (χ1v) is 7.34. The number of anilines is 2. The van der Waals surface area contributed by atoms with Crippen molar-refractivity contribution in [2.45, 2.75) is 26.9 Å². The van der Waals surface area contributed by atoms with E-state index in [9.17, 15) is 9.59 Å². The van der Waals surface area contributed by atoms with E-state index >= 15 is 0 Å². The molecule has 2 rings (SSSR count). The molecule has 5 heteroatoms. The van der Waals surface area contributed by atoms with Gasteiger partial charge in [0.15, 0.2) is 0 Å². The third kappa shape index (κ3) is 4.93. The van der Waals surface area contributed by atoms with Gasteiger partial charge >= 0.3 is 0 Å². The molecule has 0 heterocycles. The molecule has 0 saturated heterocycles. The molecule has 120 valence electrons. The van der Waals surface area contributed by atoms with Crippen LogP contribution in [0.2, 0.25) is 0 Å². The highest BCUT2D eigenvalue weighted by Gasteiger charge is 2.07. The molecule has 0 aromatic heterocycles. The van der Waals surface area contributed by atoms with Gasteiger partial charge in [0.05, 0.1) is 13.0 Å². The molecule has 0 bridgehead atoms. The van der Waals surface area contributed by atoms with Crippen molar-refractivity contribution in [2.24, 2.45) is 0 Å². The fraction of sp³-hybridized carbons (Fsp3) is 0.222. The van der Waals surface area contributed by atoms with Crippen molar-refractivity contribution in [3.8, 4) is 0 Å². The van der Waals surface area contributed by atoms with Crippen molar-refractivity contribution in [1.82, 2.24) is 0 Å². The van der Waals surface area contributed by atoms with Crippen LogP contribution in [0.15, 0.2) is 42.5 Å². The molecule has 5 nitrogen and oxygen atoms in total. The second-order valence-corrected chi connectivity index (χ2v) is 5.41. The second kappa shape index (κ2) is 7.56. The Kier molecular flexibility index (Phi) is 5.49. The van der Waals surface area contributed by atoms with Gasteiger partial charge in [-0.2, -0.15) is 0 Å². The van der Waals surface area contributed by atoms with Crippen LogP contribution in [0.3, 0.4) is 0 Å². The Morgan fingerprint density at radius 3 is 2.26 bits per heavy atom. The smallest absolute Gasteiger partial charge is 0.228 e. The zero-order valence-corrected chi connectivity index (χ0v) is 13.2. The van der Waals surface area contributed by atoms with E-state index in [-0.39, 0.29) is 24.8 Å². The van der Waals surface area contributed by atoms with Gasteiger partial charge < -0.3 is 15.7 Å². The maximum atomic E-state index is 12.2. The van der Waals surface area contributed by atoms with Crippen LogP contribution in [0.1, 0.15) is 23.6 Å². The molecule has 0 aliphatic heterocycles. The first kappa shape index (κ1) is 16.7. The lowest BCUT2D eigenvalue weighted by atomic mass is 10.1. The van der Waals surface area contributed by atoms with Crippen molar-refractivity contribution in [2.75, 3.05) is 10.6 Å². The molecule has 2 aromatic carbocycles. The number of aliphatic hydroxyl groups excluding tert-OH is 1. The number of carbonyl (C=O) groups excluding carboxylic acids is 2.